The SMILES string of the molecule is CC(NC(=O)c1c[nH]c2ccccc12)C(=O)NC1CC1. The molecule has 20 heavy (non-hydrogen) atoms. The molecule has 2 amide bonds. The molecule has 3 N–H and O–H groups in total. The van der Waals surface area contributed by atoms with Gasteiger partial charge in [-0.1, -0.05) is 18.2 Å². The minimum absolute atomic E-state index is 0.124. The zero-order chi connectivity index (χ0) is 14.1. The Bertz CT molecular complexity index is 658. The third-order valence-electron chi connectivity index (χ3n) is 3.50. The summed E-state index contributed by atoms with van der Waals surface area (Å²) in [5.74, 6) is -0.360. The minimum Gasteiger partial charge on any atom is -0.360 e. The Morgan fingerprint density at radius 3 is 2.80 bits per heavy atom. The van der Waals surface area contributed by atoms with Crippen molar-refractivity contribution in [3.8, 4) is 0 Å². The number of carbonyl (C=O) groups excluding carboxylic acids is 2. The van der Waals surface area contributed by atoms with Crippen molar-refractivity contribution in [1.82, 2.24) is 15.6 Å². The van der Waals surface area contributed by atoms with Gasteiger partial charge in [-0.15, -0.1) is 0 Å². The smallest absolute Gasteiger partial charge is 0.254 e. The molecule has 0 spiro atoms. The van der Waals surface area contributed by atoms with Crippen LogP contribution in [-0.4, -0.2) is 28.9 Å². The molecule has 3 rings (SSSR count). The van der Waals surface area contributed by atoms with Crippen LogP contribution in [0.3, 0.4) is 0 Å². The fourth-order valence-corrected chi connectivity index (χ4v) is 2.15. The standard InChI is InChI=1S/C15H17N3O2/c1-9(14(19)18-10-6-7-10)17-15(20)12-8-16-13-5-3-2-4-11(12)13/h2-5,8-10,16H,6-7H2,1H3,(H,17,20)(H,18,19). The fraction of sp³-hybridized carbons (Fsp3) is 0.333. The largest absolute Gasteiger partial charge is 0.360 e. The van der Waals surface area contributed by atoms with E-state index in [4.69, 9.17) is 0 Å². The Labute approximate surface area is 116 Å². The van der Waals surface area contributed by atoms with E-state index in [0.717, 1.165) is 23.7 Å². The maximum absolute atomic E-state index is 12.2. The van der Waals surface area contributed by atoms with Crippen molar-refractivity contribution < 1.29 is 9.59 Å². The van der Waals surface area contributed by atoms with Gasteiger partial charge in [-0.25, -0.2) is 0 Å². The third-order valence-corrected chi connectivity index (χ3v) is 3.50. The number of fused-ring (bicyclic) bond motifs is 1. The van der Waals surface area contributed by atoms with Gasteiger partial charge in [0.2, 0.25) is 5.91 Å². The third kappa shape index (κ3) is 2.52. The van der Waals surface area contributed by atoms with Crippen LogP contribution in [0.5, 0.6) is 0 Å². The van der Waals surface area contributed by atoms with Crippen molar-refractivity contribution in [3.63, 3.8) is 0 Å². The van der Waals surface area contributed by atoms with Crippen LogP contribution in [0.2, 0.25) is 0 Å². The minimum atomic E-state index is -0.531. The zero-order valence-corrected chi connectivity index (χ0v) is 11.3. The summed E-state index contributed by atoms with van der Waals surface area (Å²) in [5, 5.41) is 6.48. The summed E-state index contributed by atoms with van der Waals surface area (Å²) >= 11 is 0. The van der Waals surface area contributed by atoms with E-state index >= 15 is 0 Å². The van der Waals surface area contributed by atoms with Crippen molar-refractivity contribution in [3.05, 3.63) is 36.0 Å². The maximum Gasteiger partial charge on any atom is 0.254 e. The molecule has 2 aromatic rings. The Kier molecular flexibility index (Phi) is 3.18. The molecule has 1 aliphatic rings. The highest BCUT2D eigenvalue weighted by Gasteiger charge is 2.26. The molecule has 1 unspecified atom stereocenters. The van der Waals surface area contributed by atoms with Gasteiger partial charge < -0.3 is 15.6 Å². The van der Waals surface area contributed by atoms with Crippen LogP contribution in [0.1, 0.15) is 30.1 Å². The van der Waals surface area contributed by atoms with Crippen molar-refractivity contribution in [2.75, 3.05) is 0 Å². The van der Waals surface area contributed by atoms with Crippen molar-refractivity contribution in [2.45, 2.75) is 31.8 Å². The lowest BCUT2D eigenvalue weighted by atomic mass is 10.1. The summed E-state index contributed by atoms with van der Waals surface area (Å²) in [6, 6.07) is 7.36. The average molecular weight is 271 g/mol. The number of aromatic nitrogens is 1. The van der Waals surface area contributed by atoms with E-state index in [0.29, 0.717) is 11.6 Å². The van der Waals surface area contributed by atoms with Gasteiger partial charge in [0.25, 0.3) is 5.91 Å². The Morgan fingerprint density at radius 1 is 1.30 bits per heavy atom. The first-order chi connectivity index (χ1) is 9.65. The lowest BCUT2D eigenvalue weighted by molar-refractivity contribution is -0.122. The van der Waals surface area contributed by atoms with Gasteiger partial charge >= 0.3 is 0 Å². The van der Waals surface area contributed by atoms with Gasteiger partial charge in [0.15, 0.2) is 0 Å². The van der Waals surface area contributed by atoms with Crippen LogP contribution in [0.15, 0.2) is 30.5 Å². The molecule has 0 bridgehead atoms. The van der Waals surface area contributed by atoms with Gasteiger partial charge in [0.05, 0.1) is 5.56 Å². The number of H-pyrrole nitrogens is 1. The number of amides is 2. The number of hydrogen-bond acceptors (Lipinski definition) is 2. The van der Waals surface area contributed by atoms with E-state index in [1.54, 1.807) is 13.1 Å². The molecular weight excluding hydrogens is 254 g/mol. The van der Waals surface area contributed by atoms with Gasteiger partial charge in [-0.3, -0.25) is 9.59 Å². The molecule has 0 radical (unpaired) electrons. The molecule has 1 aromatic heterocycles. The topological polar surface area (TPSA) is 74.0 Å². The highest BCUT2D eigenvalue weighted by atomic mass is 16.2. The number of benzene rings is 1. The average Bonchev–Trinajstić information content (AvgIpc) is 3.14. The van der Waals surface area contributed by atoms with Crippen LogP contribution in [-0.2, 0) is 4.79 Å². The number of rotatable bonds is 4. The van der Waals surface area contributed by atoms with Gasteiger partial charge in [-0.2, -0.15) is 0 Å². The van der Waals surface area contributed by atoms with Crippen LogP contribution < -0.4 is 10.6 Å². The van der Waals surface area contributed by atoms with Gasteiger partial charge in [0.1, 0.15) is 6.04 Å². The molecule has 1 fully saturated rings. The van der Waals surface area contributed by atoms with Gasteiger partial charge in [0, 0.05) is 23.1 Å². The van der Waals surface area contributed by atoms with Gasteiger partial charge in [-0.05, 0) is 25.8 Å². The number of aromatic amines is 1. The fourth-order valence-electron chi connectivity index (χ4n) is 2.15. The van der Waals surface area contributed by atoms with Crippen LogP contribution in [0.4, 0.5) is 0 Å². The quantitative estimate of drug-likeness (QED) is 0.789. The van der Waals surface area contributed by atoms with Crippen LogP contribution >= 0.6 is 0 Å². The first kappa shape index (κ1) is 12.7. The van der Waals surface area contributed by atoms with Crippen molar-refractivity contribution >= 4 is 22.7 Å². The second-order valence-corrected chi connectivity index (χ2v) is 5.23. The predicted molar refractivity (Wildman–Crippen MR) is 76.4 cm³/mol. The lowest BCUT2D eigenvalue weighted by Gasteiger charge is -2.13. The van der Waals surface area contributed by atoms with E-state index in [1.165, 1.54) is 0 Å². The Balaban J connectivity index is 1.70. The van der Waals surface area contributed by atoms with E-state index < -0.39 is 6.04 Å². The molecule has 0 saturated heterocycles. The number of carbonyl (C=O) groups is 2. The first-order valence-corrected chi connectivity index (χ1v) is 6.82. The molecule has 5 heteroatoms. The first-order valence-electron chi connectivity index (χ1n) is 6.82. The normalized spacial score (nSPS) is 15.8. The predicted octanol–water partition coefficient (Wildman–Crippen LogP) is 1.56. The Morgan fingerprint density at radius 2 is 2.05 bits per heavy atom. The maximum atomic E-state index is 12.2. The van der Waals surface area contributed by atoms with E-state index in [2.05, 4.69) is 15.6 Å². The molecule has 104 valence electrons. The second kappa shape index (κ2) is 5.00. The van der Waals surface area contributed by atoms with Crippen molar-refractivity contribution in [2.24, 2.45) is 0 Å². The number of hydrogen-bond donors (Lipinski definition) is 3. The van der Waals surface area contributed by atoms with Crippen LogP contribution in [0.25, 0.3) is 10.9 Å². The summed E-state index contributed by atoms with van der Waals surface area (Å²) in [6.45, 7) is 1.70. The molecule has 0 aliphatic heterocycles. The van der Waals surface area contributed by atoms with E-state index in [1.807, 2.05) is 24.3 Å². The van der Waals surface area contributed by atoms with E-state index in [-0.39, 0.29) is 11.8 Å². The molecular formula is C15H17N3O2. The summed E-state index contributed by atoms with van der Waals surface area (Å²) in [7, 11) is 0. The summed E-state index contributed by atoms with van der Waals surface area (Å²) in [4.78, 5) is 27.1. The Hall–Kier alpha value is -2.30. The van der Waals surface area contributed by atoms with Crippen LogP contribution in [0, 0.1) is 0 Å². The second-order valence-electron chi connectivity index (χ2n) is 5.23. The monoisotopic (exact) mass is 271 g/mol. The number of para-hydroxylation sites is 1. The number of nitrogens with one attached hydrogen (secondary N) is 3. The van der Waals surface area contributed by atoms with Crippen molar-refractivity contribution in [1.29, 1.82) is 0 Å². The van der Waals surface area contributed by atoms with E-state index in [9.17, 15) is 9.59 Å². The molecule has 1 atom stereocenters. The highest BCUT2D eigenvalue weighted by molar-refractivity contribution is 6.07. The molecule has 5 nitrogen and oxygen atoms in total. The molecule has 1 saturated carbocycles. The zero-order valence-electron chi connectivity index (χ0n) is 11.3. The molecule has 1 aromatic carbocycles. The highest BCUT2D eigenvalue weighted by Crippen LogP contribution is 2.19. The summed E-state index contributed by atoms with van der Waals surface area (Å²) < 4.78 is 0. The summed E-state index contributed by atoms with van der Waals surface area (Å²) in [6.07, 6.45) is 3.75. The molecule has 1 heterocycles. The lowest BCUT2D eigenvalue weighted by Crippen LogP contribution is -2.45. The summed E-state index contributed by atoms with van der Waals surface area (Å²) in [5.41, 5.74) is 1.47. The molecule has 1 aliphatic carbocycles.